The Morgan fingerprint density at radius 2 is 1.79 bits per heavy atom. The number of carbonyl (C=O) groups is 2. The molecular formula is C25H30ClNO7. The van der Waals surface area contributed by atoms with Gasteiger partial charge in [0.25, 0.3) is 0 Å². The Morgan fingerprint density at radius 3 is 2.38 bits per heavy atom. The van der Waals surface area contributed by atoms with Crippen LogP contribution in [0.3, 0.4) is 0 Å². The SMILES string of the molecule is COc1ccc(C[C@H](NC(=O)/C=C/C[C@H](O)[C@H](C)[C@@H](O)[C@@H](O)c2ccccc2)C(=O)O)cc1Cl. The summed E-state index contributed by atoms with van der Waals surface area (Å²) < 4.78 is 5.07. The summed E-state index contributed by atoms with van der Waals surface area (Å²) in [6, 6.07) is 12.3. The number of methoxy groups -OCH3 is 1. The first-order valence-electron chi connectivity index (χ1n) is 10.8. The zero-order valence-electron chi connectivity index (χ0n) is 19.0. The molecule has 8 nitrogen and oxygen atoms in total. The third kappa shape index (κ3) is 7.85. The molecule has 0 aliphatic heterocycles. The van der Waals surface area contributed by atoms with Crippen LogP contribution in [-0.4, -0.2) is 57.7 Å². The number of halogens is 1. The molecule has 2 aromatic rings. The summed E-state index contributed by atoms with van der Waals surface area (Å²) >= 11 is 6.07. The Kier molecular flexibility index (Phi) is 10.5. The second-order valence-electron chi connectivity index (χ2n) is 7.98. The molecular weight excluding hydrogens is 462 g/mol. The first-order valence-corrected chi connectivity index (χ1v) is 11.1. The average molecular weight is 492 g/mol. The van der Waals surface area contributed by atoms with Gasteiger partial charge in [-0.05, 0) is 35.8 Å². The first-order chi connectivity index (χ1) is 16.1. The van der Waals surface area contributed by atoms with Crippen molar-refractivity contribution in [3.8, 4) is 5.75 Å². The van der Waals surface area contributed by atoms with Gasteiger partial charge in [0.2, 0.25) is 5.91 Å². The predicted molar refractivity (Wildman–Crippen MR) is 128 cm³/mol. The van der Waals surface area contributed by atoms with Gasteiger partial charge >= 0.3 is 5.97 Å². The van der Waals surface area contributed by atoms with Crippen LogP contribution in [0.15, 0.2) is 60.7 Å². The quantitative estimate of drug-likeness (QED) is 0.288. The Labute approximate surface area is 203 Å². The summed E-state index contributed by atoms with van der Waals surface area (Å²) in [5.41, 5.74) is 1.14. The first kappa shape index (κ1) is 27.3. The van der Waals surface area contributed by atoms with E-state index in [-0.39, 0.29) is 12.8 Å². The van der Waals surface area contributed by atoms with E-state index in [9.17, 15) is 30.0 Å². The van der Waals surface area contributed by atoms with Crippen molar-refractivity contribution >= 4 is 23.5 Å². The zero-order chi connectivity index (χ0) is 25.3. The van der Waals surface area contributed by atoms with Crippen LogP contribution in [0, 0.1) is 5.92 Å². The topological polar surface area (TPSA) is 136 Å². The molecule has 1 amide bonds. The van der Waals surface area contributed by atoms with Gasteiger partial charge in [-0.2, -0.15) is 0 Å². The highest BCUT2D eigenvalue weighted by molar-refractivity contribution is 6.32. The van der Waals surface area contributed by atoms with Gasteiger partial charge in [-0.3, -0.25) is 4.79 Å². The van der Waals surface area contributed by atoms with E-state index in [2.05, 4.69) is 5.32 Å². The molecule has 0 aliphatic carbocycles. The molecule has 0 bridgehead atoms. The van der Waals surface area contributed by atoms with Crippen LogP contribution < -0.4 is 10.1 Å². The molecule has 9 heteroatoms. The number of carboxylic acid groups (broad SMARTS) is 1. The molecule has 0 saturated carbocycles. The van der Waals surface area contributed by atoms with Crippen LogP contribution in [0.25, 0.3) is 0 Å². The van der Waals surface area contributed by atoms with Crippen molar-refractivity contribution in [3.63, 3.8) is 0 Å². The van der Waals surface area contributed by atoms with Gasteiger partial charge in [-0.15, -0.1) is 0 Å². The number of carboxylic acids is 1. The van der Waals surface area contributed by atoms with Crippen molar-refractivity contribution in [2.24, 2.45) is 5.92 Å². The van der Waals surface area contributed by atoms with Gasteiger partial charge in [0.1, 0.15) is 17.9 Å². The highest BCUT2D eigenvalue weighted by Gasteiger charge is 2.28. The second kappa shape index (κ2) is 13.1. The predicted octanol–water partition coefficient (Wildman–Crippen LogP) is 2.50. The third-order valence-electron chi connectivity index (χ3n) is 5.53. The monoisotopic (exact) mass is 491 g/mol. The van der Waals surface area contributed by atoms with Crippen molar-refractivity contribution in [1.29, 1.82) is 0 Å². The van der Waals surface area contributed by atoms with Crippen LogP contribution in [0.5, 0.6) is 5.75 Å². The van der Waals surface area contributed by atoms with E-state index in [1.807, 2.05) is 0 Å². The van der Waals surface area contributed by atoms with Crippen LogP contribution >= 0.6 is 11.6 Å². The van der Waals surface area contributed by atoms with Crippen LogP contribution in [-0.2, 0) is 16.0 Å². The number of amides is 1. The van der Waals surface area contributed by atoms with E-state index in [1.165, 1.54) is 13.2 Å². The van der Waals surface area contributed by atoms with Crippen LogP contribution in [0.4, 0.5) is 0 Å². The largest absolute Gasteiger partial charge is 0.495 e. The van der Waals surface area contributed by atoms with E-state index >= 15 is 0 Å². The number of ether oxygens (including phenoxy) is 1. The van der Waals surface area contributed by atoms with Gasteiger partial charge < -0.3 is 30.5 Å². The molecule has 0 unspecified atom stereocenters. The number of aliphatic hydroxyl groups is 3. The van der Waals surface area contributed by atoms with Gasteiger partial charge in [-0.25, -0.2) is 4.79 Å². The number of benzene rings is 2. The van der Waals surface area contributed by atoms with E-state index in [0.29, 0.717) is 21.9 Å². The molecule has 2 rings (SSSR count). The van der Waals surface area contributed by atoms with Crippen molar-refractivity contribution in [2.75, 3.05) is 7.11 Å². The molecule has 0 aliphatic rings. The van der Waals surface area contributed by atoms with Crippen molar-refractivity contribution in [1.82, 2.24) is 5.32 Å². The van der Waals surface area contributed by atoms with E-state index < -0.39 is 42.1 Å². The van der Waals surface area contributed by atoms with Gasteiger partial charge in [0.15, 0.2) is 0 Å². The lowest BCUT2D eigenvalue weighted by Gasteiger charge is -2.27. The van der Waals surface area contributed by atoms with Crippen molar-refractivity contribution < 1.29 is 34.8 Å². The molecule has 5 atom stereocenters. The Hall–Kier alpha value is -2.91. The van der Waals surface area contributed by atoms with Crippen LogP contribution in [0.1, 0.15) is 30.6 Å². The lowest BCUT2D eigenvalue weighted by Crippen LogP contribution is -2.41. The minimum absolute atomic E-state index is 0.0157. The third-order valence-corrected chi connectivity index (χ3v) is 5.82. The zero-order valence-corrected chi connectivity index (χ0v) is 19.7. The molecule has 2 aromatic carbocycles. The fourth-order valence-electron chi connectivity index (χ4n) is 3.38. The Morgan fingerprint density at radius 1 is 1.12 bits per heavy atom. The van der Waals surface area contributed by atoms with E-state index in [1.54, 1.807) is 55.5 Å². The Balaban J connectivity index is 1.90. The van der Waals surface area contributed by atoms with Crippen molar-refractivity contribution in [3.05, 3.63) is 76.8 Å². The maximum Gasteiger partial charge on any atom is 0.326 e. The number of hydrogen-bond acceptors (Lipinski definition) is 6. The molecule has 0 heterocycles. The minimum atomic E-state index is -1.22. The molecule has 0 fully saturated rings. The molecule has 0 radical (unpaired) electrons. The number of aliphatic carboxylic acids is 1. The lowest BCUT2D eigenvalue weighted by molar-refractivity contribution is -0.141. The Bertz CT molecular complexity index is 982. The molecule has 5 N–H and O–H groups in total. The highest BCUT2D eigenvalue weighted by Crippen LogP contribution is 2.26. The number of rotatable bonds is 12. The minimum Gasteiger partial charge on any atom is -0.495 e. The van der Waals surface area contributed by atoms with Gasteiger partial charge in [-0.1, -0.05) is 61.0 Å². The number of hydrogen-bond donors (Lipinski definition) is 5. The summed E-state index contributed by atoms with van der Waals surface area (Å²) in [6.45, 7) is 1.59. The van der Waals surface area contributed by atoms with Gasteiger partial charge in [0, 0.05) is 12.3 Å². The molecule has 34 heavy (non-hydrogen) atoms. The number of carbonyl (C=O) groups excluding carboxylic acids is 1. The fourth-order valence-corrected chi connectivity index (χ4v) is 3.66. The summed E-state index contributed by atoms with van der Waals surface area (Å²) in [6.07, 6.45) is -0.850. The average Bonchev–Trinajstić information content (AvgIpc) is 2.82. The standard InChI is InChI=1S/C25H30ClNO7/c1-15(23(30)24(31)17-7-4-3-5-8-17)20(28)9-6-10-22(29)27-19(25(32)33)14-16-11-12-21(34-2)18(26)13-16/h3-8,10-13,15,19-20,23-24,28,30-31H,9,14H2,1-2H3,(H,27,29)(H,32,33)/b10-6+/t15-,19-,20-,23+,24-/m0/s1. The molecule has 184 valence electrons. The maximum absolute atomic E-state index is 12.2. The van der Waals surface area contributed by atoms with Gasteiger partial charge in [0.05, 0.1) is 24.3 Å². The normalized spacial score (nSPS) is 15.8. The highest BCUT2D eigenvalue weighted by atomic mass is 35.5. The fraction of sp³-hybridized carbons (Fsp3) is 0.360. The molecule has 0 spiro atoms. The number of nitrogens with one attached hydrogen (secondary N) is 1. The molecule has 0 saturated heterocycles. The maximum atomic E-state index is 12.2. The lowest BCUT2D eigenvalue weighted by atomic mass is 9.89. The summed E-state index contributed by atoms with van der Waals surface area (Å²) in [5, 5.41) is 43.3. The number of aliphatic hydroxyl groups excluding tert-OH is 3. The van der Waals surface area contributed by atoms with E-state index in [4.69, 9.17) is 16.3 Å². The van der Waals surface area contributed by atoms with Crippen LogP contribution in [0.2, 0.25) is 5.02 Å². The summed E-state index contributed by atoms with van der Waals surface area (Å²) in [7, 11) is 1.47. The smallest absolute Gasteiger partial charge is 0.326 e. The second-order valence-corrected chi connectivity index (χ2v) is 8.39. The van der Waals surface area contributed by atoms with Crippen molar-refractivity contribution in [2.45, 2.75) is 44.1 Å². The van der Waals surface area contributed by atoms with E-state index in [0.717, 1.165) is 6.08 Å². The summed E-state index contributed by atoms with van der Waals surface area (Å²) in [5.74, 6) is -2.08. The molecule has 0 aromatic heterocycles. The summed E-state index contributed by atoms with van der Waals surface area (Å²) in [4.78, 5) is 23.8.